The highest BCUT2D eigenvalue weighted by Crippen LogP contribution is 2.71. The first-order valence-corrected chi connectivity index (χ1v) is 18.3. The first-order chi connectivity index (χ1) is 24.1. The van der Waals surface area contributed by atoms with E-state index in [9.17, 15) is 0 Å². The second kappa shape index (κ2) is 12.4. The fraction of sp³-hybridized carbons (Fsp3) is 0.250. The number of benzene rings is 5. The van der Waals surface area contributed by atoms with E-state index in [-0.39, 0.29) is 18.3 Å². The van der Waals surface area contributed by atoms with E-state index < -0.39 is 12.5 Å². The molecule has 4 unspecified atom stereocenters. The minimum absolute atomic E-state index is 0.126. The van der Waals surface area contributed by atoms with Gasteiger partial charge in [0.15, 0.2) is 0 Å². The van der Waals surface area contributed by atoms with E-state index in [2.05, 4.69) is 0 Å². The van der Waals surface area contributed by atoms with Crippen molar-refractivity contribution in [3.63, 3.8) is 0 Å². The molecule has 0 N–H and O–H groups in total. The first kappa shape index (κ1) is 30.5. The second-order valence-electron chi connectivity index (χ2n) is 12.7. The summed E-state index contributed by atoms with van der Waals surface area (Å²) < 4.78 is 57.7. The van der Waals surface area contributed by atoms with E-state index in [4.69, 9.17) is 32.9 Å². The molecule has 4 aliphatic heterocycles. The molecule has 0 saturated carbocycles. The Bertz CT molecular complexity index is 1850. The molecule has 0 radical (unpaired) electrons. The summed E-state index contributed by atoms with van der Waals surface area (Å²) in [6.45, 7) is 3.58. The van der Waals surface area contributed by atoms with Crippen LogP contribution in [0.1, 0.15) is 16.7 Å². The van der Waals surface area contributed by atoms with Crippen molar-refractivity contribution in [3.05, 3.63) is 138 Å². The number of ether oxygens (including phenoxy) is 6. The Morgan fingerprint density at radius 3 is 1.35 bits per heavy atom. The molecule has 9 rings (SSSR count). The molecule has 4 heterocycles. The number of fused-ring (bicyclic) bond motifs is 3. The van der Waals surface area contributed by atoms with E-state index in [1.807, 2.05) is 121 Å². The summed E-state index contributed by atoms with van der Waals surface area (Å²) in [4.78, 5) is 0. The first-order valence-electron chi connectivity index (χ1n) is 16.6. The van der Waals surface area contributed by atoms with E-state index in [1.165, 1.54) is 0 Å². The Balaban J connectivity index is 1.24. The van der Waals surface area contributed by atoms with Crippen LogP contribution in [0, 0.1) is 0 Å². The summed E-state index contributed by atoms with van der Waals surface area (Å²) in [5, 5.41) is -0.650. The van der Waals surface area contributed by atoms with Crippen LogP contribution < -0.4 is 24.0 Å². The highest BCUT2D eigenvalue weighted by Gasteiger charge is 2.58. The Morgan fingerprint density at radius 2 is 0.918 bits per heavy atom. The predicted octanol–water partition coefficient (Wildman–Crippen LogP) is 6.97. The van der Waals surface area contributed by atoms with Gasteiger partial charge in [-0.15, -0.1) is 0 Å². The molecule has 0 aromatic heterocycles. The Kier molecular flexibility index (Phi) is 7.70. The van der Waals surface area contributed by atoms with Crippen LogP contribution >= 0.6 is 7.37 Å². The largest absolute Gasteiger partial charge is 0.491 e. The smallest absolute Gasteiger partial charge is 0.296 e. The van der Waals surface area contributed by atoms with E-state index in [1.54, 1.807) is 0 Å². The van der Waals surface area contributed by atoms with E-state index in [0.717, 1.165) is 27.8 Å². The van der Waals surface area contributed by atoms with Gasteiger partial charge in [-0.05, 0) is 70.8 Å². The summed E-state index contributed by atoms with van der Waals surface area (Å²) in [6, 6.07) is 39.3. The van der Waals surface area contributed by atoms with Gasteiger partial charge in [-0.2, -0.15) is 0 Å². The van der Waals surface area contributed by atoms with Gasteiger partial charge in [0.2, 0.25) is 0 Å². The van der Waals surface area contributed by atoms with Crippen LogP contribution in [0.2, 0.25) is 0 Å². The zero-order chi connectivity index (χ0) is 32.8. The molecule has 0 spiro atoms. The molecule has 0 amide bonds. The standard InChI is InChI=1S/C40H35O8P/c41-49(39-8-4-2-6-37(39)36-5-1-3-7-38(36)48-49)40(27-9-15-30(16-10-27)42-21-33-24-45-33,28-11-17-31(18-12-28)43-22-34-25-46-34)29-13-19-32(20-14-29)44-23-35-26-47-35/h1-20,33-35H,21-26H2. The van der Waals surface area contributed by atoms with Gasteiger partial charge in [0.05, 0.1) is 25.1 Å². The number of rotatable bonds is 13. The van der Waals surface area contributed by atoms with Crippen molar-refractivity contribution in [2.45, 2.75) is 23.5 Å². The number of para-hydroxylation sites is 1. The Morgan fingerprint density at radius 1 is 0.531 bits per heavy atom. The van der Waals surface area contributed by atoms with Gasteiger partial charge in [-0.25, -0.2) is 0 Å². The topological polar surface area (TPSA) is 91.6 Å². The minimum atomic E-state index is -3.93. The van der Waals surface area contributed by atoms with E-state index in [0.29, 0.717) is 67.9 Å². The molecule has 4 aliphatic rings. The quantitative estimate of drug-likeness (QED) is 0.0752. The summed E-state index contributed by atoms with van der Waals surface area (Å²) in [5.74, 6) is 2.70. The average Bonchev–Trinajstić information content (AvgIpc) is 4.00. The number of hydrogen-bond acceptors (Lipinski definition) is 8. The van der Waals surface area contributed by atoms with Crippen molar-refractivity contribution in [2.75, 3.05) is 39.6 Å². The predicted molar refractivity (Wildman–Crippen MR) is 185 cm³/mol. The summed E-state index contributed by atoms with van der Waals surface area (Å²) >= 11 is 0. The summed E-state index contributed by atoms with van der Waals surface area (Å²) in [5.41, 5.74) is 4.16. The van der Waals surface area contributed by atoms with Crippen LogP contribution in [0.4, 0.5) is 0 Å². The van der Waals surface area contributed by atoms with Crippen molar-refractivity contribution >= 4 is 12.7 Å². The maximum atomic E-state index is 16.6. The zero-order valence-corrected chi connectivity index (χ0v) is 27.6. The fourth-order valence-electron chi connectivity index (χ4n) is 6.61. The lowest BCUT2D eigenvalue weighted by atomic mass is 9.83. The highest BCUT2D eigenvalue weighted by atomic mass is 31.2. The van der Waals surface area contributed by atoms with Gasteiger partial charge in [-0.1, -0.05) is 72.8 Å². The molecular formula is C40H35O8P. The molecule has 3 fully saturated rings. The molecule has 5 aromatic carbocycles. The number of epoxide rings is 3. The van der Waals surface area contributed by atoms with Gasteiger partial charge in [0.25, 0.3) is 7.37 Å². The molecule has 9 heteroatoms. The molecule has 248 valence electrons. The van der Waals surface area contributed by atoms with Crippen LogP contribution in [0.25, 0.3) is 11.1 Å². The van der Waals surface area contributed by atoms with Crippen molar-refractivity contribution < 1.29 is 37.5 Å². The molecule has 4 atom stereocenters. The maximum absolute atomic E-state index is 16.6. The monoisotopic (exact) mass is 674 g/mol. The van der Waals surface area contributed by atoms with Crippen LogP contribution in [-0.4, -0.2) is 58.0 Å². The third kappa shape index (κ3) is 5.79. The lowest BCUT2D eigenvalue weighted by molar-refractivity contribution is 0.263. The van der Waals surface area contributed by atoms with Crippen LogP contribution in [0.15, 0.2) is 121 Å². The van der Waals surface area contributed by atoms with Crippen molar-refractivity contribution in [2.24, 2.45) is 0 Å². The summed E-state index contributed by atoms with van der Waals surface area (Å²) in [6.07, 6.45) is 0.378. The number of hydrogen-bond donors (Lipinski definition) is 0. The van der Waals surface area contributed by atoms with Crippen molar-refractivity contribution in [1.82, 2.24) is 0 Å². The maximum Gasteiger partial charge on any atom is 0.296 e. The van der Waals surface area contributed by atoms with Gasteiger partial charge in [0.1, 0.15) is 66.3 Å². The van der Waals surface area contributed by atoms with Crippen molar-refractivity contribution in [1.29, 1.82) is 0 Å². The Labute approximate surface area is 284 Å². The SMILES string of the molecule is O=P1(C(c2ccc(OCC3CO3)cc2)(c2ccc(OCC3CO3)cc2)c2ccc(OCC3CO3)cc2)Oc2ccccc2-c2ccccc21. The van der Waals surface area contributed by atoms with E-state index >= 15 is 4.57 Å². The molecule has 3 saturated heterocycles. The molecule has 0 aliphatic carbocycles. The minimum Gasteiger partial charge on any atom is -0.491 e. The molecule has 0 bridgehead atoms. The molecule has 8 nitrogen and oxygen atoms in total. The molecular weight excluding hydrogens is 639 g/mol. The van der Waals surface area contributed by atoms with Gasteiger partial charge in [0, 0.05) is 5.56 Å². The van der Waals surface area contributed by atoms with Crippen LogP contribution in [-0.2, 0) is 23.9 Å². The van der Waals surface area contributed by atoms with Crippen LogP contribution in [0.3, 0.4) is 0 Å². The lowest BCUT2D eigenvalue weighted by Crippen LogP contribution is -2.38. The third-order valence-electron chi connectivity index (χ3n) is 9.40. The summed E-state index contributed by atoms with van der Waals surface area (Å²) in [7, 11) is -3.93. The molecule has 5 aromatic rings. The normalized spacial score (nSPS) is 24.0. The zero-order valence-electron chi connectivity index (χ0n) is 26.7. The third-order valence-corrected chi connectivity index (χ3v) is 12.5. The fourth-order valence-corrected chi connectivity index (χ4v) is 9.91. The second-order valence-corrected chi connectivity index (χ2v) is 15.2. The van der Waals surface area contributed by atoms with Gasteiger partial charge >= 0.3 is 0 Å². The highest BCUT2D eigenvalue weighted by molar-refractivity contribution is 7.69. The van der Waals surface area contributed by atoms with Gasteiger partial charge in [-0.3, -0.25) is 4.57 Å². The Hall–Kier alpha value is -4.59. The average molecular weight is 675 g/mol. The lowest BCUT2D eigenvalue weighted by Gasteiger charge is -2.44. The van der Waals surface area contributed by atoms with Gasteiger partial charge < -0.3 is 32.9 Å². The molecule has 49 heavy (non-hydrogen) atoms. The van der Waals surface area contributed by atoms with Crippen molar-refractivity contribution in [3.8, 4) is 34.1 Å². The van der Waals surface area contributed by atoms with Crippen LogP contribution in [0.5, 0.6) is 23.0 Å².